The minimum atomic E-state index is -0.555. The topological polar surface area (TPSA) is 56.8 Å². The first-order chi connectivity index (χ1) is 14.7. The lowest BCUT2D eigenvalue weighted by molar-refractivity contribution is -0.121. The fourth-order valence-corrected chi connectivity index (χ4v) is 4.72. The minimum Gasteiger partial charge on any atom is -0.493 e. The smallest absolute Gasteiger partial charge is 0.235 e. The molecule has 1 amide bonds. The monoisotopic (exact) mass is 403 g/mol. The van der Waals surface area contributed by atoms with Gasteiger partial charge in [0.2, 0.25) is 12.7 Å². The Morgan fingerprint density at radius 2 is 1.77 bits per heavy atom. The summed E-state index contributed by atoms with van der Waals surface area (Å²) in [5, 5.41) is 5.22. The summed E-state index contributed by atoms with van der Waals surface area (Å²) < 4.78 is 16.8. The number of benzene rings is 3. The van der Waals surface area contributed by atoms with Gasteiger partial charge in [0.05, 0.1) is 12.0 Å². The van der Waals surface area contributed by atoms with Gasteiger partial charge in [-0.1, -0.05) is 43.2 Å². The van der Waals surface area contributed by atoms with Crippen molar-refractivity contribution >= 4 is 22.4 Å². The lowest BCUT2D eigenvalue weighted by Crippen LogP contribution is -2.38. The Morgan fingerprint density at radius 3 is 2.57 bits per heavy atom. The van der Waals surface area contributed by atoms with E-state index in [0.717, 1.165) is 65.0 Å². The van der Waals surface area contributed by atoms with Crippen LogP contribution in [0.25, 0.3) is 10.8 Å². The van der Waals surface area contributed by atoms with E-state index in [0.29, 0.717) is 6.61 Å². The molecule has 0 spiro atoms. The van der Waals surface area contributed by atoms with Gasteiger partial charge < -0.3 is 19.5 Å². The van der Waals surface area contributed by atoms with Crippen LogP contribution in [0.1, 0.15) is 38.2 Å². The number of anilines is 1. The van der Waals surface area contributed by atoms with Crippen LogP contribution >= 0.6 is 0 Å². The van der Waals surface area contributed by atoms with E-state index in [1.165, 1.54) is 0 Å². The van der Waals surface area contributed by atoms with E-state index < -0.39 is 5.41 Å². The summed E-state index contributed by atoms with van der Waals surface area (Å²) in [6.45, 7) is 2.80. The molecule has 1 aliphatic heterocycles. The number of amides is 1. The van der Waals surface area contributed by atoms with Crippen LogP contribution in [0.2, 0.25) is 0 Å². The second-order valence-corrected chi connectivity index (χ2v) is 7.90. The number of hydrogen-bond donors (Lipinski definition) is 1. The van der Waals surface area contributed by atoms with Crippen LogP contribution in [0.4, 0.5) is 5.69 Å². The molecule has 1 saturated carbocycles. The molecule has 1 heterocycles. The lowest BCUT2D eigenvalue weighted by Gasteiger charge is -2.29. The Hall–Kier alpha value is -3.21. The Bertz CT molecular complexity index is 1100. The minimum absolute atomic E-state index is 0.0354. The molecule has 3 aromatic rings. The fraction of sp³-hybridized carbons (Fsp3) is 0.320. The number of nitrogens with one attached hydrogen (secondary N) is 1. The van der Waals surface area contributed by atoms with Crippen LogP contribution in [0.5, 0.6) is 17.2 Å². The highest BCUT2D eigenvalue weighted by atomic mass is 16.7. The summed E-state index contributed by atoms with van der Waals surface area (Å²) >= 11 is 0. The number of carbonyl (C=O) groups excluding carboxylic acids is 1. The van der Waals surface area contributed by atoms with Crippen molar-refractivity contribution in [1.82, 2.24) is 0 Å². The lowest BCUT2D eigenvalue weighted by atomic mass is 9.77. The Balaban J connectivity index is 1.51. The van der Waals surface area contributed by atoms with Crippen molar-refractivity contribution in [2.24, 2.45) is 0 Å². The fourth-order valence-electron chi connectivity index (χ4n) is 4.72. The third kappa shape index (κ3) is 3.05. The van der Waals surface area contributed by atoms with Gasteiger partial charge in [-0.25, -0.2) is 0 Å². The Labute approximate surface area is 175 Å². The maximum Gasteiger partial charge on any atom is 0.235 e. The zero-order chi connectivity index (χ0) is 20.6. The van der Waals surface area contributed by atoms with Gasteiger partial charge in [-0.05, 0) is 49.6 Å². The highest BCUT2D eigenvalue weighted by Crippen LogP contribution is 2.45. The van der Waals surface area contributed by atoms with Crippen LogP contribution in [-0.2, 0) is 10.2 Å². The average Bonchev–Trinajstić information content (AvgIpc) is 3.45. The van der Waals surface area contributed by atoms with Crippen molar-refractivity contribution in [3.8, 4) is 17.2 Å². The van der Waals surface area contributed by atoms with E-state index >= 15 is 0 Å². The summed E-state index contributed by atoms with van der Waals surface area (Å²) in [5.74, 6) is 2.33. The highest BCUT2D eigenvalue weighted by molar-refractivity contribution is 6.07. The van der Waals surface area contributed by atoms with Crippen molar-refractivity contribution in [3.05, 3.63) is 60.2 Å². The first-order valence-corrected chi connectivity index (χ1v) is 10.6. The SMILES string of the molecule is CCOc1ccc(NC(=O)C2(c3ccc4c(c3)OCO4)CCCC2)c2ccccc12. The van der Waals surface area contributed by atoms with Gasteiger partial charge in [-0.2, -0.15) is 0 Å². The molecule has 1 aliphatic carbocycles. The molecule has 2 aliphatic rings. The van der Waals surface area contributed by atoms with Crippen molar-refractivity contribution < 1.29 is 19.0 Å². The van der Waals surface area contributed by atoms with E-state index in [9.17, 15) is 4.79 Å². The first kappa shape index (κ1) is 18.8. The number of carbonyl (C=O) groups is 1. The quantitative estimate of drug-likeness (QED) is 0.618. The summed E-state index contributed by atoms with van der Waals surface area (Å²) in [6.07, 6.45) is 3.72. The largest absolute Gasteiger partial charge is 0.493 e. The molecule has 5 rings (SSSR count). The molecule has 0 radical (unpaired) electrons. The number of ether oxygens (including phenoxy) is 3. The molecule has 0 aromatic heterocycles. The second-order valence-electron chi connectivity index (χ2n) is 7.90. The Morgan fingerprint density at radius 1 is 1.00 bits per heavy atom. The van der Waals surface area contributed by atoms with Crippen molar-refractivity contribution in [1.29, 1.82) is 0 Å². The third-order valence-electron chi connectivity index (χ3n) is 6.25. The van der Waals surface area contributed by atoms with Crippen LogP contribution in [0.15, 0.2) is 54.6 Å². The zero-order valence-electron chi connectivity index (χ0n) is 17.1. The van der Waals surface area contributed by atoms with Gasteiger partial charge >= 0.3 is 0 Å². The van der Waals surface area contributed by atoms with Gasteiger partial charge in [0, 0.05) is 16.5 Å². The summed E-state index contributed by atoms with van der Waals surface area (Å²) in [4.78, 5) is 13.7. The first-order valence-electron chi connectivity index (χ1n) is 10.6. The number of fused-ring (bicyclic) bond motifs is 2. The Kier molecular flexibility index (Phi) is 4.74. The molecule has 1 fully saturated rings. The molecule has 5 heteroatoms. The molecule has 1 N–H and O–H groups in total. The van der Waals surface area contributed by atoms with Crippen LogP contribution in [0, 0.1) is 0 Å². The normalized spacial score (nSPS) is 16.6. The molecular formula is C25H25NO4. The molecule has 154 valence electrons. The van der Waals surface area contributed by atoms with E-state index in [-0.39, 0.29) is 12.7 Å². The highest BCUT2D eigenvalue weighted by Gasteiger charge is 2.43. The second kappa shape index (κ2) is 7.56. The van der Waals surface area contributed by atoms with Gasteiger partial charge in [0.25, 0.3) is 0 Å². The van der Waals surface area contributed by atoms with Crippen LogP contribution in [0.3, 0.4) is 0 Å². The summed E-state index contributed by atoms with van der Waals surface area (Å²) in [6, 6.07) is 17.8. The van der Waals surface area contributed by atoms with Crippen molar-refractivity contribution in [3.63, 3.8) is 0 Å². The maximum absolute atomic E-state index is 13.7. The van der Waals surface area contributed by atoms with Gasteiger partial charge in [0.15, 0.2) is 11.5 Å². The zero-order valence-corrected chi connectivity index (χ0v) is 17.1. The van der Waals surface area contributed by atoms with Gasteiger partial charge in [-0.3, -0.25) is 4.79 Å². The van der Waals surface area contributed by atoms with Crippen LogP contribution < -0.4 is 19.5 Å². The standard InChI is InChI=1S/C25H25NO4/c1-2-28-21-12-10-20(18-7-3-4-8-19(18)21)26-24(27)25(13-5-6-14-25)17-9-11-22-23(15-17)30-16-29-22/h3-4,7-12,15H,2,5-6,13-14,16H2,1H3,(H,26,27). The van der Waals surface area contributed by atoms with Crippen LogP contribution in [-0.4, -0.2) is 19.3 Å². The predicted molar refractivity (Wildman–Crippen MR) is 116 cm³/mol. The van der Waals surface area contributed by atoms with Crippen molar-refractivity contribution in [2.75, 3.05) is 18.7 Å². The summed E-state index contributed by atoms with van der Waals surface area (Å²) in [7, 11) is 0. The van der Waals surface area contributed by atoms with Crippen molar-refractivity contribution in [2.45, 2.75) is 38.0 Å². The maximum atomic E-state index is 13.7. The van der Waals surface area contributed by atoms with Gasteiger partial charge in [-0.15, -0.1) is 0 Å². The molecule has 3 aromatic carbocycles. The number of hydrogen-bond acceptors (Lipinski definition) is 4. The third-order valence-corrected chi connectivity index (χ3v) is 6.25. The molecule has 30 heavy (non-hydrogen) atoms. The molecular weight excluding hydrogens is 378 g/mol. The van der Waals surface area contributed by atoms with E-state index in [2.05, 4.69) is 5.32 Å². The van der Waals surface area contributed by atoms with E-state index in [1.54, 1.807) is 0 Å². The van der Waals surface area contributed by atoms with E-state index in [4.69, 9.17) is 14.2 Å². The number of rotatable bonds is 5. The van der Waals surface area contributed by atoms with E-state index in [1.807, 2.05) is 61.5 Å². The molecule has 0 atom stereocenters. The molecule has 0 bridgehead atoms. The average molecular weight is 403 g/mol. The predicted octanol–water partition coefficient (Wildman–Crippen LogP) is 5.42. The molecule has 0 unspecified atom stereocenters. The molecule has 0 saturated heterocycles. The molecule has 5 nitrogen and oxygen atoms in total. The summed E-state index contributed by atoms with van der Waals surface area (Å²) in [5.41, 5.74) is 1.25. The van der Waals surface area contributed by atoms with Gasteiger partial charge in [0.1, 0.15) is 5.75 Å².